The van der Waals surface area contributed by atoms with Gasteiger partial charge in [-0.05, 0) is 30.9 Å². The van der Waals surface area contributed by atoms with E-state index < -0.39 is 0 Å². The molecule has 0 aliphatic carbocycles. The molecule has 1 saturated heterocycles. The highest BCUT2D eigenvalue weighted by Crippen LogP contribution is 2.25. The third-order valence-corrected chi connectivity index (χ3v) is 3.06. The SMILES string of the molecule is C[C@@H]1CCCN(c2ccccc2C=O)C1. The molecular weight excluding hydrogens is 186 g/mol. The predicted octanol–water partition coefficient (Wildman–Crippen LogP) is 2.74. The van der Waals surface area contributed by atoms with Gasteiger partial charge in [0.05, 0.1) is 0 Å². The molecule has 2 heteroatoms. The summed E-state index contributed by atoms with van der Waals surface area (Å²) in [4.78, 5) is 13.3. The molecule has 0 aromatic heterocycles. The van der Waals surface area contributed by atoms with Crippen LogP contribution in [-0.4, -0.2) is 19.4 Å². The van der Waals surface area contributed by atoms with Gasteiger partial charge in [-0.25, -0.2) is 0 Å². The third-order valence-electron chi connectivity index (χ3n) is 3.06. The average molecular weight is 203 g/mol. The third kappa shape index (κ3) is 2.20. The fourth-order valence-electron chi connectivity index (χ4n) is 2.28. The Morgan fingerprint density at radius 3 is 2.93 bits per heavy atom. The highest BCUT2D eigenvalue weighted by atomic mass is 16.1. The van der Waals surface area contributed by atoms with Crippen LogP contribution in [0, 0.1) is 5.92 Å². The van der Waals surface area contributed by atoms with E-state index in [4.69, 9.17) is 0 Å². The Labute approximate surface area is 90.9 Å². The number of para-hydroxylation sites is 1. The van der Waals surface area contributed by atoms with Crippen LogP contribution in [0.15, 0.2) is 24.3 Å². The van der Waals surface area contributed by atoms with Gasteiger partial charge in [-0.3, -0.25) is 4.79 Å². The molecule has 2 nitrogen and oxygen atoms in total. The lowest BCUT2D eigenvalue weighted by atomic mass is 9.99. The molecule has 0 spiro atoms. The number of nitrogens with zero attached hydrogens (tertiary/aromatic N) is 1. The minimum Gasteiger partial charge on any atom is -0.371 e. The van der Waals surface area contributed by atoms with Crippen molar-refractivity contribution in [3.8, 4) is 0 Å². The van der Waals surface area contributed by atoms with Crippen LogP contribution in [0.3, 0.4) is 0 Å². The predicted molar refractivity (Wildman–Crippen MR) is 62.4 cm³/mol. The summed E-state index contributed by atoms with van der Waals surface area (Å²) in [5, 5.41) is 0. The largest absolute Gasteiger partial charge is 0.371 e. The molecule has 0 unspecified atom stereocenters. The van der Waals surface area contributed by atoms with Gasteiger partial charge in [0.1, 0.15) is 0 Å². The number of carbonyl (C=O) groups excluding carboxylic acids is 1. The van der Waals surface area contributed by atoms with Gasteiger partial charge in [-0.1, -0.05) is 19.1 Å². The molecule has 1 aromatic rings. The molecule has 1 fully saturated rings. The molecule has 0 amide bonds. The van der Waals surface area contributed by atoms with Gasteiger partial charge in [-0.15, -0.1) is 0 Å². The summed E-state index contributed by atoms with van der Waals surface area (Å²) in [7, 11) is 0. The van der Waals surface area contributed by atoms with Crippen LogP contribution in [0.4, 0.5) is 5.69 Å². The van der Waals surface area contributed by atoms with E-state index in [0.29, 0.717) is 0 Å². The number of hydrogen-bond acceptors (Lipinski definition) is 2. The smallest absolute Gasteiger partial charge is 0.152 e. The van der Waals surface area contributed by atoms with Gasteiger partial charge in [0, 0.05) is 24.3 Å². The van der Waals surface area contributed by atoms with Crippen LogP contribution in [0.25, 0.3) is 0 Å². The maximum Gasteiger partial charge on any atom is 0.152 e. The van der Waals surface area contributed by atoms with Gasteiger partial charge in [-0.2, -0.15) is 0 Å². The quantitative estimate of drug-likeness (QED) is 0.689. The van der Waals surface area contributed by atoms with E-state index in [1.165, 1.54) is 12.8 Å². The highest BCUT2D eigenvalue weighted by molar-refractivity contribution is 5.84. The van der Waals surface area contributed by atoms with Gasteiger partial charge < -0.3 is 4.90 Å². The maximum absolute atomic E-state index is 10.9. The molecule has 1 atom stereocenters. The van der Waals surface area contributed by atoms with Gasteiger partial charge in [0.2, 0.25) is 0 Å². The zero-order valence-electron chi connectivity index (χ0n) is 9.15. The van der Waals surface area contributed by atoms with Crippen molar-refractivity contribution in [1.82, 2.24) is 0 Å². The van der Waals surface area contributed by atoms with Crippen molar-refractivity contribution >= 4 is 12.0 Å². The first-order valence-electron chi connectivity index (χ1n) is 5.60. The fourth-order valence-corrected chi connectivity index (χ4v) is 2.28. The number of aldehydes is 1. The lowest BCUT2D eigenvalue weighted by Crippen LogP contribution is -2.34. The van der Waals surface area contributed by atoms with E-state index in [2.05, 4.69) is 11.8 Å². The summed E-state index contributed by atoms with van der Waals surface area (Å²) in [6.07, 6.45) is 3.49. The van der Waals surface area contributed by atoms with Gasteiger partial charge in [0.25, 0.3) is 0 Å². The number of hydrogen-bond donors (Lipinski definition) is 0. The molecule has 1 aromatic carbocycles. The molecule has 1 aliphatic rings. The second-order valence-electron chi connectivity index (χ2n) is 4.37. The highest BCUT2D eigenvalue weighted by Gasteiger charge is 2.18. The molecular formula is C13H17NO. The normalized spacial score (nSPS) is 21.4. The first-order chi connectivity index (χ1) is 7.31. The maximum atomic E-state index is 10.9. The number of carbonyl (C=O) groups is 1. The van der Waals surface area contributed by atoms with Crippen molar-refractivity contribution < 1.29 is 4.79 Å². The van der Waals surface area contributed by atoms with Crippen molar-refractivity contribution in [1.29, 1.82) is 0 Å². The van der Waals surface area contributed by atoms with Crippen LogP contribution < -0.4 is 4.90 Å². The second-order valence-corrected chi connectivity index (χ2v) is 4.37. The average Bonchev–Trinajstić information content (AvgIpc) is 2.29. The Morgan fingerprint density at radius 2 is 2.20 bits per heavy atom. The lowest BCUT2D eigenvalue weighted by molar-refractivity contribution is 0.112. The van der Waals surface area contributed by atoms with Crippen molar-refractivity contribution in [2.75, 3.05) is 18.0 Å². The summed E-state index contributed by atoms with van der Waals surface area (Å²) in [6.45, 7) is 4.43. The van der Waals surface area contributed by atoms with Crippen molar-refractivity contribution in [2.45, 2.75) is 19.8 Å². The first-order valence-corrected chi connectivity index (χ1v) is 5.60. The molecule has 0 saturated carbocycles. The van der Waals surface area contributed by atoms with E-state index in [1.807, 2.05) is 24.3 Å². The summed E-state index contributed by atoms with van der Waals surface area (Å²) < 4.78 is 0. The number of benzene rings is 1. The number of rotatable bonds is 2. The van der Waals surface area contributed by atoms with Gasteiger partial charge >= 0.3 is 0 Å². The zero-order valence-corrected chi connectivity index (χ0v) is 9.15. The van der Waals surface area contributed by atoms with Crippen LogP contribution in [0.5, 0.6) is 0 Å². The molecule has 0 N–H and O–H groups in total. The minimum atomic E-state index is 0.735. The molecule has 1 aliphatic heterocycles. The van der Waals surface area contributed by atoms with E-state index in [1.54, 1.807) is 0 Å². The van der Waals surface area contributed by atoms with Crippen LogP contribution in [0.1, 0.15) is 30.1 Å². The standard InChI is InChI=1S/C13H17NO/c1-11-5-4-8-14(9-11)13-7-3-2-6-12(13)10-15/h2-3,6-7,10-11H,4-5,8-9H2,1H3/t11-/m1/s1. The fraction of sp³-hybridized carbons (Fsp3) is 0.462. The molecule has 15 heavy (non-hydrogen) atoms. The van der Waals surface area contributed by atoms with E-state index in [0.717, 1.165) is 36.5 Å². The molecule has 80 valence electrons. The Morgan fingerprint density at radius 1 is 1.40 bits per heavy atom. The Balaban J connectivity index is 2.24. The Hall–Kier alpha value is -1.31. The summed E-state index contributed by atoms with van der Waals surface area (Å²) in [6, 6.07) is 7.85. The van der Waals surface area contributed by atoms with Gasteiger partial charge in [0.15, 0.2) is 6.29 Å². The van der Waals surface area contributed by atoms with E-state index >= 15 is 0 Å². The first kappa shape index (κ1) is 10.2. The van der Waals surface area contributed by atoms with E-state index in [-0.39, 0.29) is 0 Å². The molecule has 0 radical (unpaired) electrons. The number of piperidine rings is 1. The zero-order chi connectivity index (χ0) is 10.7. The topological polar surface area (TPSA) is 20.3 Å². The summed E-state index contributed by atoms with van der Waals surface area (Å²) >= 11 is 0. The molecule has 0 bridgehead atoms. The summed E-state index contributed by atoms with van der Waals surface area (Å²) in [5.41, 5.74) is 1.91. The van der Waals surface area contributed by atoms with E-state index in [9.17, 15) is 4.79 Å². The minimum absolute atomic E-state index is 0.735. The van der Waals surface area contributed by atoms with Crippen LogP contribution in [-0.2, 0) is 0 Å². The Bertz CT molecular complexity index is 348. The second kappa shape index (κ2) is 4.47. The Kier molecular flexibility index (Phi) is 3.05. The van der Waals surface area contributed by atoms with Crippen molar-refractivity contribution in [2.24, 2.45) is 5.92 Å². The summed E-state index contributed by atoms with van der Waals surface area (Å²) in [5.74, 6) is 0.735. The molecule has 2 rings (SSSR count). The van der Waals surface area contributed by atoms with Crippen LogP contribution >= 0.6 is 0 Å². The van der Waals surface area contributed by atoms with Crippen LogP contribution in [0.2, 0.25) is 0 Å². The number of anilines is 1. The van der Waals surface area contributed by atoms with Crippen molar-refractivity contribution in [3.63, 3.8) is 0 Å². The monoisotopic (exact) mass is 203 g/mol. The van der Waals surface area contributed by atoms with Crippen molar-refractivity contribution in [3.05, 3.63) is 29.8 Å². The lowest BCUT2D eigenvalue weighted by Gasteiger charge is -2.33. The molecule has 1 heterocycles.